The normalized spacial score (nSPS) is 11.5. The van der Waals surface area contributed by atoms with Gasteiger partial charge in [0.15, 0.2) is 0 Å². The SMILES string of the molecule is Cc1ccc(NC(=O)N[C@H](C)C(=O)NO)cc1. The highest BCUT2D eigenvalue weighted by atomic mass is 16.5. The number of amides is 3. The molecule has 0 spiro atoms. The third-order valence-corrected chi connectivity index (χ3v) is 2.16. The molecule has 1 atom stereocenters. The number of urea groups is 1. The molecular formula is C11H15N3O3. The number of hydrogen-bond donors (Lipinski definition) is 4. The fourth-order valence-electron chi connectivity index (χ4n) is 1.16. The van der Waals surface area contributed by atoms with Gasteiger partial charge in [0.1, 0.15) is 6.04 Å². The summed E-state index contributed by atoms with van der Waals surface area (Å²) in [5.41, 5.74) is 3.18. The van der Waals surface area contributed by atoms with E-state index in [2.05, 4.69) is 10.6 Å². The molecule has 0 aliphatic carbocycles. The van der Waals surface area contributed by atoms with E-state index in [4.69, 9.17) is 5.21 Å². The van der Waals surface area contributed by atoms with E-state index >= 15 is 0 Å². The van der Waals surface area contributed by atoms with Crippen LogP contribution in [0, 0.1) is 6.92 Å². The van der Waals surface area contributed by atoms with Gasteiger partial charge in [0.05, 0.1) is 0 Å². The first-order valence-electron chi connectivity index (χ1n) is 5.11. The van der Waals surface area contributed by atoms with Gasteiger partial charge in [-0.3, -0.25) is 10.0 Å². The highest BCUT2D eigenvalue weighted by Gasteiger charge is 2.14. The molecule has 0 aliphatic rings. The van der Waals surface area contributed by atoms with Gasteiger partial charge in [0.25, 0.3) is 5.91 Å². The van der Waals surface area contributed by atoms with Gasteiger partial charge < -0.3 is 10.6 Å². The number of benzene rings is 1. The number of hydroxylamine groups is 1. The van der Waals surface area contributed by atoms with Crippen molar-refractivity contribution in [2.45, 2.75) is 19.9 Å². The Morgan fingerprint density at radius 2 is 1.82 bits per heavy atom. The number of nitrogens with one attached hydrogen (secondary N) is 3. The topological polar surface area (TPSA) is 90.5 Å². The van der Waals surface area contributed by atoms with E-state index in [1.807, 2.05) is 19.1 Å². The second-order valence-corrected chi connectivity index (χ2v) is 3.66. The monoisotopic (exact) mass is 237 g/mol. The van der Waals surface area contributed by atoms with E-state index in [0.717, 1.165) is 5.56 Å². The van der Waals surface area contributed by atoms with Crippen LogP contribution in [0.1, 0.15) is 12.5 Å². The standard InChI is InChI=1S/C11H15N3O3/c1-7-3-5-9(6-4-7)13-11(16)12-8(2)10(15)14-17/h3-6,8,17H,1-2H3,(H,14,15)(H2,12,13,16)/t8-/m1/s1. The van der Waals surface area contributed by atoms with Gasteiger partial charge in [-0.05, 0) is 26.0 Å². The zero-order chi connectivity index (χ0) is 12.8. The van der Waals surface area contributed by atoms with Crippen LogP contribution in [0.3, 0.4) is 0 Å². The Kier molecular flexibility index (Phi) is 4.47. The van der Waals surface area contributed by atoms with Crippen LogP contribution in [0.4, 0.5) is 10.5 Å². The predicted octanol–water partition coefficient (Wildman–Crippen LogP) is 1.01. The predicted molar refractivity (Wildman–Crippen MR) is 62.7 cm³/mol. The molecule has 0 radical (unpaired) electrons. The van der Waals surface area contributed by atoms with Crippen molar-refractivity contribution in [1.29, 1.82) is 0 Å². The summed E-state index contributed by atoms with van der Waals surface area (Å²) in [7, 11) is 0. The first-order chi connectivity index (χ1) is 8.02. The lowest BCUT2D eigenvalue weighted by Crippen LogP contribution is -2.45. The van der Waals surface area contributed by atoms with Crippen LogP contribution in [0.25, 0.3) is 0 Å². The minimum atomic E-state index is -0.814. The molecule has 0 saturated carbocycles. The van der Waals surface area contributed by atoms with Crippen molar-refractivity contribution in [3.05, 3.63) is 29.8 Å². The lowest BCUT2D eigenvalue weighted by Gasteiger charge is -2.12. The summed E-state index contributed by atoms with van der Waals surface area (Å²) in [6.07, 6.45) is 0. The highest BCUT2D eigenvalue weighted by Crippen LogP contribution is 2.08. The molecule has 0 saturated heterocycles. The lowest BCUT2D eigenvalue weighted by atomic mass is 10.2. The van der Waals surface area contributed by atoms with Crippen molar-refractivity contribution in [3.8, 4) is 0 Å². The van der Waals surface area contributed by atoms with Crippen molar-refractivity contribution in [3.63, 3.8) is 0 Å². The Balaban J connectivity index is 2.50. The quantitative estimate of drug-likeness (QED) is 0.467. The Bertz CT molecular complexity index is 403. The smallest absolute Gasteiger partial charge is 0.319 e. The number of anilines is 1. The van der Waals surface area contributed by atoms with E-state index in [1.165, 1.54) is 12.4 Å². The van der Waals surface area contributed by atoms with Crippen molar-refractivity contribution in [1.82, 2.24) is 10.8 Å². The van der Waals surface area contributed by atoms with Gasteiger partial charge in [-0.25, -0.2) is 10.3 Å². The lowest BCUT2D eigenvalue weighted by molar-refractivity contribution is -0.130. The first-order valence-corrected chi connectivity index (χ1v) is 5.11. The molecule has 17 heavy (non-hydrogen) atoms. The van der Waals surface area contributed by atoms with Gasteiger partial charge in [0.2, 0.25) is 0 Å². The van der Waals surface area contributed by atoms with Crippen molar-refractivity contribution in [2.24, 2.45) is 0 Å². The minimum absolute atomic E-state index is 0.509. The van der Waals surface area contributed by atoms with Gasteiger partial charge in [-0.15, -0.1) is 0 Å². The molecular weight excluding hydrogens is 222 g/mol. The molecule has 3 amide bonds. The maximum atomic E-state index is 11.4. The van der Waals surface area contributed by atoms with Crippen LogP contribution in [0.15, 0.2) is 24.3 Å². The fourth-order valence-corrected chi connectivity index (χ4v) is 1.16. The Labute approximate surface area is 99.0 Å². The summed E-state index contributed by atoms with van der Waals surface area (Å²) in [4.78, 5) is 22.4. The van der Waals surface area contributed by atoms with Crippen molar-refractivity contribution < 1.29 is 14.8 Å². The van der Waals surface area contributed by atoms with E-state index in [-0.39, 0.29) is 0 Å². The third-order valence-electron chi connectivity index (χ3n) is 2.16. The number of carbonyl (C=O) groups excluding carboxylic acids is 2. The number of aryl methyl sites for hydroxylation is 1. The average Bonchev–Trinajstić information content (AvgIpc) is 2.30. The second-order valence-electron chi connectivity index (χ2n) is 3.66. The average molecular weight is 237 g/mol. The summed E-state index contributed by atoms with van der Waals surface area (Å²) in [6, 6.07) is 5.91. The summed E-state index contributed by atoms with van der Waals surface area (Å²) in [5, 5.41) is 13.3. The third kappa shape index (κ3) is 4.12. The van der Waals surface area contributed by atoms with E-state index in [9.17, 15) is 9.59 Å². The van der Waals surface area contributed by atoms with Crippen molar-refractivity contribution in [2.75, 3.05) is 5.32 Å². The van der Waals surface area contributed by atoms with Crippen LogP contribution >= 0.6 is 0 Å². The molecule has 0 aromatic heterocycles. The van der Waals surface area contributed by atoms with E-state index in [1.54, 1.807) is 12.1 Å². The maximum absolute atomic E-state index is 11.4. The molecule has 1 aromatic rings. The first kappa shape index (κ1) is 13.0. The summed E-state index contributed by atoms with van der Waals surface area (Å²) >= 11 is 0. The van der Waals surface area contributed by atoms with Crippen LogP contribution in [-0.2, 0) is 4.79 Å². The second kappa shape index (κ2) is 5.86. The molecule has 0 fully saturated rings. The molecule has 0 heterocycles. The van der Waals surface area contributed by atoms with Gasteiger partial charge >= 0.3 is 6.03 Å². The van der Waals surface area contributed by atoms with E-state index in [0.29, 0.717) is 5.69 Å². The van der Waals surface area contributed by atoms with Gasteiger partial charge in [0, 0.05) is 5.69 Å². The zero-order valence-corrected chi connectivity index (χ0v) is 9.65. The highest BCUT2D eigenvalue weighted by molar-refractivity contribution is 5.93. The maximum Gasteiger partial charge on any atom is 0.319 e. The molecule has 0 unspecified atom stereocenters. The molecule has 4 N–H and O–H groups in total. The minimum Gasteiger partial charge on any atom is -0.326 e. The molecule has 92 valence electrons. The number of hydrogen-bond acceptors (Lipinski definition) is 3. The zero-order valence-electron chi connectivity index (χ0n) is 9.65. The largest absolute Gasteiger partial charge is 0.326 e. The van der Waals surface area contributed by atoms with Gasteiger partial charge in [-0.2, -0.15) is 0 Å². The number of rotatable bonds is 3. The molecule has 1 aromatic carbocycles. The van der Waals surface area contributed by atoms with Crippen molar-refractivity contribution >= 4 is 17.6 Å². The molecule has 6 nitrogen and oxygen atoms in total. The van der Waals surface area contributed by atoms with Gasteiger partial charge in [-0.1, -0.05) is 17.7 Å². The molecule has 0 bridgehead atoms. The fraction of sp³-hybridized carbons (Fsp3) is 0.273. The molecule has 0 aliphatic heterocycles. The summed E-state index contributed by atoms with van der Waals surface area (Å²) < 4.78 is 0. The van der Waals surface area contributed by atoms with E-state index < -0.39 is 18.0 Å². The summed E-state index contributed by atoms with van der Waals surface area (Å²) in [6.45, 7) is 3.40. The summed E-state index contributed by atoms with van der Waals surface area (Å²) in [5.74, 6) is -0.677. The Morgan fingerprint density at radius 3 is 2.35 bits per heavy atom. The molecule has 6 heteroatoms. The van der Waals surface area contributed by atoms with Crippen LogP contribution in [0.5, 0.6) is 0 Å². The van der Waals surface area contributed by atoms with Crippen LogP contribution in [-0.4, -0.2) is 23.2 Å². The Hall–Kier alpha value is -2.08. The van der Waals surface area contributed by atoms with Crippen LogP contribution in [0.2, 0.25) is 0 Å². The molecule has 1 rings (SSSR count). The number of carbonyl (C=O) groups is 2. The Morgan fingerprint density at radius 1 is 1.24 bits per heavy atom. The van der Waals surface area contributed by atoms with Crippen LogP contribution < -0.4 is 16.1 Å².